The molecule has 5 nitrogen and oxygen atoms in total. The van der Waals surface area contributed by atoms with Gasteiger partial charge in [-0.25, -0.2) is 0 Å². The zero-order chi connectivity index (χ0) is 13.0. The molecule has 0 spiro atoms. The minimum Gasteiger partial charge on any atom is -0.480 e. The van der Waals surface area contributed by atoms with E-state index in [9.17, 15) is 4.79 Å². The molecular formula is C13H19N3O2. The van der Waals surface area contributed by atoms with Gasteiger partial charge in [0.15, 0.2) is 0 Å². The minimum atomic E-state index is -0.984. The Balaban J connectivity index is 2.13. The van der Waals surface area contributed by atoms with Crippen LogP contribution in [0.25, 0.3) is 0 Å². The highest BCUT2D eigenvalue weighted by atomic mass is 16.4. The Hall–Kier alpha value is -1.43. The second-order valence-electron chi connectivity index (χ2n) is 4.54. The molecule has 0 aliphatic carbocycles. The van der Waals surface area contributed by atoms with E-state index in [1.165, 1.54) is 0 Å². The number of carboxylic acid groups (broad SMARTS) is 1. The fourth-order valence-corrected chi connectivity index (χ4v) is 2.22. The number of aliphatic carboxylic acids is 1. The van der Waals surface area contributed by atoms with Gasteiger partial charge in [0.2, 0.25) is 0 Å². The van der Waals surface area contributed by atoms with Crippen molar-refractivity contribution in [1.29, 1.82) is 0 Å². The number of nitrogens with two attached hydrogens (primary N) is 1. The average Bonchev–Trinajstić information content (AvgIpc) is 2.39. The van der Waals surface area contributed by atoms with Crippen molar-refractivity contribution in [1.82, 2.24) is 10.2 Å². The second kappa shape index (κ2) is 5.95. The fourth-order valence-electron chi connectivity index (χ4n) is 2.22. The standard InChI is InChI=1S/C13H19N3O2/c14-12(13(17)18)11-4-2-1-3-10(11)9-16-7-5-15-6-8-16/h1-4,12,15H,5-9,14H2,(H,17,18)/t12-/m0/s1. The number of rotatable bonds is 4. The highest BCUT2D eigenvalue weighted by Gasteiger charge is 2.19. The summed E-state index contributed by atoms with van der Waals surface area (Å²) in [6.07, 6.45) is 0. The maximum absolute atomic E-state index is 11.0. The molecule has 0 bridgehead atoms. The first kappa shape index (κ1) is 13.0. The zero-order valence-corrected chi connectivity index (χ0v) is 10.3. The largest absolute Gasteiger partial charge is 0.480 e. The molecule has 1 aromatic carbocycles. The summed E-state index contributed by atoms with van der Waals surface area (Å²) >= 11 is 0. The molecule has 1 heterocycles. The summed E-state index contributed by atoms with van der Waals surface area (Å²) in [5.74, 6) is -0.984. The van der Waals surface area contributed by atoms with Gasteiger partial charge in [-0.15, -0.1) is 0 Å². The normalized spacial score (nSPS) is 18.5. The van der Waals surface area contributed by atoms with E-state index in [-0.39, 0.29) is 0 Å². The molecule has 0 radical (unpaired) electrons. The number of piperazine rings is 1. The molecule has 2 rings (SSSR count). The Morgan fingerprint density at radius 3 is 2.72 bits per heavy atom. The number of carbonyl (C=O) groups is 1. The Morgan fingerprint density at radius 2 is 2.06 bits per heavy atom. The molecule has 4 N–H and O–H groups in total. The molecule has 1 aromatic rings. The van der Waals surface area contributed by atoms with Crippen molar-refractivity contribution in [2.24, 2.45) is 5.73 Å². The van der Waals surface area contributed by atoms with Gasteiger partial charge in [0, 0.05) is 32.7 Å². The van der Waals surface area contributed by atoms with Gasteiger partial charge in [-0.05, 0) is 11.1 Å². The van der Waals surface area contributed by atoms with E-state index in [0.29, 0.717) is 5.56 Å². The molecule has 98 valence electrons. The van der Waals surface area contributed by atoms with Crippen molar-refractivity contribution in [3.8, 4) is 0 Å². The lowest BCUT2D eigenvalue weighted by molar-refractivity contribution is -0.138. The lowest BCUT2D eigenvalue weighted by Gasteiger charge is -2.28. The lowest BCUT2D eigenvalue weighted by atomic mass is 10.0. The van der Waals surface area contributed by atoms with Crippen LogP contribution in [-0.2, 0) is 11.3 Å². The van der Waals surface area contributed by atoms with Crippen molar-refractivity contribution in [2.75, 3.05) is 26.2 Å². The average molecular weight is 249 g/mol. The third-order valence-electron chi connectivity index (χ3n) is 3.26. The van der Waals surface area contributed by atoms with Crippen LogP contribution >= 0.6 is 0 Å². The SMILES string of the molecule is N[C@H](C(=O)O)c1ccccc1CN1CCNCC1. The van der Waals surface area contributed by atoms with Gasteiger partial charge in [-0.2, -0.15) is 0 Å². The number of hydrogen-bond donors (Lipinski definition) is 3. The lowest BCUT2D eigenvalue weighted by Crippen LogP contribution is -2.43. The molecule has 1 fully saturated rings. The van der Waals surface area contributed by atoms with Gasteiger partial charge in [0.1, 0.15) is 6.04 Å². The van der Waals surface area contributed by atoms with E-state index < -0.39 is 12.0 Å². The van der Waals surface area contributed by atoms with Gasteiger partial charge in [-0.1, -0.05) is 24.3 Å². The van der Waals surface area contributed by atoms with Crippen molar-refractivity contribution in [3.05, 3.63) is 35.4 Å². The zero-order valence-electron chi connectivity index (χ0n) is 10.3. The maximum atomic E-state index is 11.0. The Morgan fingerprint density at radius 1 is 1.39 bits per heavy atom. The van der Waals surface area contributed by atoms with Crippen molar-refractivity contribution in [3.63, 3.8) is 0 Å². The van der Waals surface area contributed by atoms with E-state index in [0.717, 1.165) is 38.3 Å². The first-order valence-corrected chi connectivity index (χ1v) is 6.18. The van der Waals surface area contributed by atoms with Crippen molar-refractivity contribution >= 4 is 5.97 Å². The molecule has 0 saturated carbocycles. The van der Waals surface area contributed by atoms with Crippen LogP contribution in [0, 0.1) is 0 Å². The monoisotopic (exact) mass is 249 g/mol. The number of hydrogen-bond acceptors (Lipinski definition) is 4. The summed E-state index contributed by atoms with van der Waals surface area (Å²) in [5.41, 5.74) is 7.43. The smallest absolute Gasteiger partial charge is 0.325 e. The van der Waals surface area contributed by atoms with E-state index in [1.807, 2.05) is 18.2 Å². The van der Waals surface area contributed by atoms with Crippen LogP contribution < -0.4 is 11.1 Å². The van der Waals surface area contributed by atoms with Gasteiger partial charge in [-0.3, -0.25) is 9.69 Å². The second-order valence-corrected chi connectivity index (χ2v) is 4.54. The molecule has 1 aliphatic heterocycles. The molecule has 1 atom stereocenters. The summed E-state index contributed by atoms with van der Waals surface area (Å²) in [4.78, 5) is 13.3. The van der Waals surface area contributed by atoms with Crippen LogP contribution in [0.3, 0.4) is 0 Å². The molecule has 1 aliphatic rings. The van der Waals surface area contributed by atoms with E-state index in [1.54, 1.807) is 6.07 Å². The molecule has 0 amide bonds. The highest BCUT2D eigenvalue weighted by molar-refractivity contribution is 5.75. The third-order valence-corrected chi connectivity index (χ3v) is 3.26. The Bertz CT molecular complexity index is 416. The van der Waals surface area contributed by atoms with Crippen LogP contribution in [-0.4, -0.2) is 42.2 Å². The predicted octanol–water partition coefficient (Wildman–Crippen LogP) is 0.176. The number of benzene rings is 1. The van der Waals surface area contributed by atoms with E-state index >= 15 is 0 Å². The first-order chi connectivity index (χ1) is 8.68. The molecule has 0 unspecified atom stereocenters. The molecule has 0 aromatic heterocycles. The maximum Gasteiger partial charge on any atom is 0.325 e. The number of nitrogens with zero attached hydrogens (tertiary/aromatic N) is 1. The summed E-state index contributed by atoms with van der Waals surface area (Å²) in [6, 6.07) is 6.58. The fraction of sp³-hybridized carbons (Fsp3) is 0.462. The third kappa shape index (κ3) is 3.07. The topological polar surface area (TPSA) is 78.6 Å². The van der Waals surface area contributed by atoms with Crippen LogP contribution in [0.2, 0.25) is 0 Å². The van der Waals surface area contributed by atoms with Crippen molar-refractivity contribution < 1.29 is 9.90 Å². The van der Waals surface area contributed by atoms with E-state index in [4.69, 9.17) is 10.8 Å². The Kier molecular flexibility index (Phi) is 4.30. The number of nitrogens with one attached hydrogen (secondary N) is 1. The summed E-state index contributed by atoms with van der Waals surface area (Å²) in [6.45, 7) is 4.69. The Labute approximate surface area is 107 Å². The van der Waals surface area contributed by atoms with Crippen LogP contribution in [0.4, 0.5) is 0 Å². The predicted molar refractivity (Wildman–Crippen MR) is 69.2 cm³/mol. The summed E-state index contributed by atoms with van der Waals surface area (Å²) in [7, 11) is 0. The molecule has 1 saturated heterocycles. The van der Waals surface area contributed by atoms with Crippen LogP contribution in [0.15, 0.2) is 24.3 Å². The number of carboxylic acids is 1. The summed E-state index contributed by atoms with van der Waals surface area (Å²) < 4.78 is 0. The van der Waals surface area contributed by atoms with E-state index in [2.05, 4.69) is 10.2 Å². The minimum absolute atomic E-state index is 0.712. The van der Waals surface area contributed by atoms with Crippen LogP contribution in [0.1, 0.15) is 17.2 Å². The quantitative estimate of drug-likeness (QED) is 0.709. The van der Waals surface area contributed by atoms with Gasteiger partial charge in [0.25, 0.3) is 0 Å². The molecule has 18 heavy (non-hydrogen) atoms. The summed E-state index contributed by atoms with van der Waals surface area (Å²) in [5, 5.41) is 12.3. The van der Waals surface area contributed by atoms with Gasteiger partial charge in [0.05, 0.1) is 0 Å². The van der Waals surface area contributed by atoms with Gasteiger partial charge < -0.3 is 16.2 Å². The first-order valence-electron chi connectivity index (χ1n) is 6.18. The molecular weight excluding hydrogens is 230 g/mol. The van der Waals surface area contributed by atoms with Crippen molar-refractivity contribution in [2.45, 2.75) is 12.6 Å². The van der Waals surface area contributed by atoms with Crippen LogP contribution in [0.5, 0.6) is 0 Å². The van der Waals surface area contributed by atoms with Gasteiger partial charge >= 0.3 is 5.97 Å². The highest BCUT2D eigenvalue weighted by Crippen LogP contribution is 2.18. The molecule has 5 heteroatoms.